The SMILES string of the molecule is COc1ccc([C@@H]2CN(Cc3ccc(OC)c(CO)c3)C[C@]23CCCCC(=O)N3)cc1. The van der Waals surface area contributed by atoms with Crippen LogP contribution in [0.5, 0.6) is 11.5 Å². The smallest absolute Gasteiger partial charge is 0.220 e. The monoisotopic (exact) mass is 424 g/mol. The Bertz CT molecular complexity index is 914. The summed E-state index contributed by atoms with van der Waals surface area (Å²) in [6.07, 6.45) is 3.59. The summed E-state index contributed by atoms with van der Waals surface area (Å²) >= 11 is 0. The maximum Gasteiger partial charge on any atom is 0.220 e. The summed E-state index contributed by atoms with van der Waals surface area (Å²) in [5.41, 5.74) is 2.91. The Hall–Kier alpha value is -2.57. The first-order valence-electron chi connectivity index (χ1n) is 11.0. The van der Waals surface area contributed by atoms with Gasteiger partial charge < -0.3 is 19.9 Å². The second kappa shape index (κ2) is 9.28. The van der Waals surface area contributed by atoms with Crippen LogP contribution in [-0.4, -0.2) is 48.8 Å². The van der Waals surface area contributed by atoms with E-state index in [9.17, 15) is 9.90 Å². The van der Waals surface area contributed by atoms with Gasteiger partial charge in [0.15, 0.2) is 0 Å². The van der Waals surface area contributed by atoms with Gasteiger partial charge >= 0.3 is 0 Å². The molecule has 1 amide bonds. The van der Waals surface area contributed by atoms with Gasteiger partial charge in [0.1, 0.15) is 11.5 Å². The summed E-state index contributed by atoms with van der Waals surface area (Å²) in [7, 11) is 3.29. The van der Waals surface area contributed by atoms with Gasteiger partial charge in [-0.2, -0.15) is 0 Å². The lowest BCUT2D eigenvalue weighted by molar-refractivity contribution is -0.122. The maximum atomic E-state index is 12.5. The topological polar surface area (TPSA) is 71.0 Å². The molecular formula is C25H32N2O4. The van der Waals surface area contributed by atoms with E-state index >= 15 is 0 Å². The summed E-state index contributed by atoms with van der Waals surface area (Å²) in [6, 6.07) is 14.2. The number of nitrogens with one attached hydrogen (secondary N) is 1. The molecule has 2 saturated heterocycles. The highest BCUT2D eigenvalue weighted by molar-refractivity contribution is 5.77. The Morgan fingerprint density at radius 2 is 1.94 bits per heavy atom. The molecule has 0 saturated carbocycles. The number of carbonyl (C=O) groups is 1. The molecular weight excluding hydrogens is 392 g/mol. The number of carbonyl (C=O) groups excluding carboxylic acids is 1. The zero-order valence-corrected chi connectivity index (χ0v) is 18.4. The summed E-state index contributed by atoms with van der Waals surface area (Å²) in [6.45, 7) is 2.40. The molecule has 2 atom stereocenters. The molecule has 6 nitrogen and oxygen atoms in total. The molecule has 0 radical (unpaired) electrons. The molecule has 4 rings (SSSR count). The van der Waals surface area contributed by atoms with E-state index in [4.69, 9.17) is 9.47 Å². The van der Waals surface area contributed by atoms with E-state index in [2.05, 4.69) is 28.4 Å². The average molecular weight is 425 g/mol. The van der Waals surface area contributed by atoms with Gasteiger partial charge in [0.05, 0.1) is 26.4 Å². The van der Waals surface area contributed by atoms with Crippen LogP contribution >= 0.6 is 0 Å². The first-order chi connectivity index (χ1) is 15.1. The zero-order chi connectivity index (χ0) is 21.8. The van der Waals surface area contributed by atoms with Crippen LogP contribution in [0.25, 0.3) is 0 Å². The van der Waals surface area contributed by atoms with Crippen molar-refractivity contribution in [3.8, 4) is 11.5 Å². The summed E-state index contributed by atoms with van der Waals surface area (Å²) in [5, 5.41) is 13.1. The normalized spacial score (nSPS) is 24.1. The van der Waals surface area contributed by atoms with Crippen LogP contribution in [0.1, 0.15) is 48.3 Å². The molecule has 0 aliphatic carbocycles. The fraction of sp³-hybridized carbons (Fsp3) is 0.480. The number of aliphatic hydroxyl groups excluding tert-OH is 1. The third kappa shape index (κ3) is 4.55. The van der Waals surface area contributed by atoms with Crippen molar-refractivity contribution in [3.63, 3.8) is 0 Å². The van der Waals surface area contributed by atoms with Crippen LogP contribution in [0.4, 0.5) is 0 Å². The average Bonchev–Trinajstić information content (AvgIpc) is 3.01. The minimum atomic E-state index is -0.256. The Balaban J connectivity index is 1.61. The Labute approximate surface area is 184 Å². The molecule has 2 aromatic rings. The van der Waals surface area contributed by atoms with Crippen molar-refractivity contribution in [1.82, 2.24) is 10.2 Å². The minimum absolute atomic E-state index is 0.0501. The minimum Gasteiger partial charge on any atom is -0.497 e. The standard InChI is InChI=1S/C25H32N2O4/c1-30-21-9-7-19(8-10-21)22-15-27(17-25(22)12-4-3-5-24(29)26-25)14-18-6-11-23(31-2)20(13-18)16-28/h6-11,13,22,28H,3-5,12,14-17H2,1-2H3,(H,26,29)/t22-,25+/m0/s1. The van der Waals surface area contributed by atoms with E-state index in [1.807, 2.05) is 24.3 Å². The number of aliphatic hydroxyl groups is 1. The van der Waals surface area contributed by atoms with E-state index < -0.39 is 0 Å². The third-order valence-corrected chi connectivity index (χ3v) is 6.72. The van der Waals surface area contributed by atoms with Crippen molar-refractivity contribution in [2.75, 3.05) is 27.3 Å². The maximum absolute atomic E-state index is 12.5. The van der Waals surface area contributed by atoms with E-state index in [0.29, 0.717) is 12.2 Å². The van der Waals surface area contributed by atoms with Gasteiger partial charge in [-0.3, -0.25) is 9.69 Å². The number of ether oxygens (including phenoxy) is 2. The highest BCUT2D eigenvalue weighted by atomic mass is 16.5. The van der Waals surface area contributed by atoms with Gasteiger partial charge in [-0.1, -0.05) is 24.6 Å². The summed E-state index contributed by atoms with van der Waals surface area (Å²) in [4.78, 5) is 15.0. The summed E-state index contributed by atoms with van der Waals surface area (Å²) < 4.78 is 10.7. The zero-order valence-electron chi connectivity index (χ0n) is 18.4. The van der Waals surface area contributed by atoms with Crippen molar-refractivity contribution in [2.45, 2.75) is 50.3 Å². The molecule has 2 N–H and O–H groups in total. The van der Waals surface area contributed by atoms with Crippen LogP contribution < -0.4 is 14.8 Å². The Kier molecular flexibility index (Phi) is 6.49. The number of methoxy groups -OCH3 is 2. The molecule has 2 fully saturated rings. The predicted octanol–water partition coefficient (Wildman–Crippen LogP) is 3.22. The van der Waals surface area contributed by atoms with E-state index in [1.165, 1.54) is 5.56 Å². The van der Waals surface area contributed by atoms with Crippen LogP contribution in [-0.2, 0) is 17.9 Å². The molecule has 2 aromatic carbocycles. The number of benzene rings is 2. The third-order valence-electron chi connectivity index (χ3n) is 6.72. The number of hydrogen-bond acceptors (Lipinski definition) is 5. The molecule has 6 heteroatoms. The highest BCUT2D eigenvalue weighted by Crippen LogP contribution is 2.42. The van der Waals surface area contributed by atoms with Crippen molar-refractivity contribution in [1.29, 1.82) is 0 Å². The van der Waals surface area contributed by atoms with Crippen LogP contribution in [0.2, 0.25) is 0 Å². The molecule has 0 bridgehead atoms. The van der Waals surface area contributed by atoms with Gasteiger partial charge in [0.2, 0.25) is 5.91 Å². The Morgan fingerprint density at radius 3 is 2.65 bits per heavy atom. The van der Waals surface area contributed by atoms with Crippen LogP contribution in [0.15, 0.2) is 42.5 Å². The molecule has 0 unspecified atom stereocenters. The number of hydrogen-bond donors (Lipinski definition) is 2. The summed E-state index contributed by atoms with van der Waals surface area (Å²) in [5.74, 6) is 1.92. The van der Waals surface area contributed by atoms with Gasteiger partial charge in [-0.25, -0.2) is 0 Å². The van der Waals surface area contributed by atoms with Crippen LogP contribution in [0.3, 0.4) is 0 Å². The number of amides is 1. The van der Waals surface area contributed by atoms with Crippen LogP contribution in [0, 0.1) is 0 Å². The number of rotatable bonds is 6. The van der Waals surface area contributed by atoms with Crippen molar-refractivity contribution in [2.24, 2.45) is 0 Å². The van der Waals surface area contributed by atoms with Gasteiger partial charge in [0, 0.05) is 37.5 Å². The highest BCUT2D eigenvalue weighted by Gasteiger charge is 2.48. The predicted molar refractivity (Wildman–Crippen MR) is 119 cm³/mol. The molecule has 31 heavy (non-hydrogen) atoms. The number of nitrogens with zero attached hydrogens (tertiary/aromatic N) is 1. The first kappa shape index (κ1) is 21.7. The van der Waals surface area contributed by atoms with E-state index in [-0.39, 0.29) is 24.0 Å². The van der Waals surface area contributed by atoms with Gasteiger partial charge in [0.25, 0.3) is 0 Å². The van der Waals surface area contributed by atoms with Crippen molar-refractivity contribution in [3.05, 3.63) is 59.2 Å². The lowest BCUT2D eigenvalue weighted by atomic mass is 9.79. The molecule has 2 aliphatic heterocycles. The van der Waals surface area contributed by atoms with Crippen molar-refractivity contribution < 1.29 is 19.4 Å². The molecule has 0 aromatic heterocycles. The molecule has 2 aliphatic rings. The second-order valence-electron chi connectivity index (χ2n) is 8.71. The second-order valence-corrected chi connectivity index (χ2v) is 8.71. The van der Waals surface area contributed by atoms with Gasteiger partial charge in [-0.15, -0.1) is 0 Å². The largest absolute Gasteiger partial charge is 0.497 e. The fourth-order valence-corrected chi connectivity index (χ4v) is 5.21. The Morgan fingerprint density at radius 1 is 1.13 bits per heavy atom. The quantitative estimate of drug-likeness (QED) is 0.745. The number of likely N-dealkylation sites (tertiary alicyclic amines) is 1. The van der Waals surface area contributed by atoms with Gasteiger partial charge in [-0.05, 0) is 48.2 Å². The fourth-order valence-electron chi connectivity index (χ4n) is 5.21. The molecule has 166 valence electrons. The lowest BCUT2D eigenvalue weighted by Crippen LogP contribution is -2.52. The first-order valence-corrected chi connectivity index (χ1v) is 11.0. The van der Waals surface area contributed by atoms with E-state index in [0.717, 1.165) is 55.8 Å². The molecule has 1 spiro atoms. The molecule has 2 heterocycles. The van der Waals surface area contributed by atoms with E-state index in [1.54, 1.807) is 14.2 Å². The lowest BCUT2D eigenvalue weighted by Gasteiger charge is -2.35. The van der Waals surface area contributed by atoms with Crippen molar-refractivity contribution >= 4 is 5.91 Å².